The highest BCUT2D eigenvalue weighted by atomic mass is 127. The van der Waals surface area contributed by atoms with E-state index in [1.807, 2.05) is 0 Å². The van der Waals surface area contributed by atoms with Crippen molar-refractivity contribution in [2.24, 2.45) is 4.99 Å². The molecule has 1 aromatic heterocycles. The third kappa shape index (κ3) is 9.75. The summed E-state index contributed by atoms with van der Waals surface area (Å²) in [6.07, 6.45) is 7.45. The van der Waals surface area contributed by atoms with Crippen LogP contribution in [0.5, 0.6) is 0 Å². The van der Waals surface area contributed by atoms with E-state index in [4.69, 9.17) is 4.99 Å². The second-order valence-corrected chi connectivity index (χ2v) is 7.37. The topological polar surface area (TPSA) is 52.6 Å². The Labute approximate surface area is 174 Å². The quantitative estimate of drug-likeness (QED) is 0.247. The Morgan fingerprint density at radius 1 is 1.24 bits per heavy atom. The van der Waals surface area contributed by atoms with Crippen LogP contribution < -0.4 is 10.6 Å². The number of nitrogens with one attached hydrogen (secondary N) is 2. The second kappa shape index (κ2) is 13.7. The summed E-state index contributed by atoms with van der Waals surface area (Å²) in [7, 11) is 0. The lowest BCUT2D eigenvalue weighted by Gasteiger charge is -2.26. The number of thiazole rings is 1. The number of hydrogen-bond donors (Lipinski definition) is 2. The minimum atomic E-state index is 0. The molecule has 0 saturated carbocycles. The van der Waals surface area contributed by atoms with Crippen molar-refractivity contribution < 1.29 is 0 Å². The van der Waals surface area contributed by atoms with Crippen molar-refractivity contribution >= 4 is 41.3 Å². The van der Waals surface area contributed by atoms with E-state index < -0.39 is 0 Å². The minimum Gasteiger partial charge on any atom is -0.357 e. The summed E-state index contributed by atoms with van der Waals surface area (Å²) in [6, 6.07) is 0. The predicted molar refractivity (Wildman–Crippen MR) is 119 cm³/mol. The Hall–Kier alpha value is -0.410. The molecule has 7 heteroatoms. The summed E-state index contributed by atoms with van der Waals surface area (Å²) in [4.78, 5) is 11.8. The summed E-state index contributed by atoms with van der Waals surface area (Å²) in [5, 5.41) is 10.2. The van der Waals surface area contributed by atoms with Gasteiger partial charge >= 0.3 is 0 Å². The normalized spacial score (nSPS) is 15.7. The molecule has 1 aromatic rings. The number of hydrogen-bond acceptors (Lipinski definition) is 4. The molecule has 25 heavy (non-hydrogen) atoms. The zero-order chi connectivity index (χ0) is 17.0. The van der Waals surface area contributed by atoms with Crippen LogP contribution >= 0.6 is 35.3 Å². The number of guanidine groups is 1. The van der Waals surface area contributed by atoms with E-state index in [2.05, 4.69) is 39.7 Å². The highest BCUT2D eigenvalue weighted by molar-refractivity contribution is 14.0. The van der Waals surface area contributed by atoms with Gasteiger partial charge in [-0.3, -0.25) is 4.99 Å². The Morgan fingerprint density at radius 2 is 2.04 bits per heavy atom. The highest BCUT2D eigenvalue weighted by Gasteiger charge is 2.09. The number of rotatable bonds is 9. The molecular weight excluding hydrogens is 445 g/mol. The molecule has 0 radical (unpaired) electrons. The van der Waals surface area contributed by atoms with Crippen molar-refractivity contribution in [3.8, 4) is 0 Å². The molecule has 5 nitrogen and oxygen atoms in total. The molecule has 1 saturated heterocycles. The van der Waals surface area contributed by atoms with Crippen molar-refractivity contribution in [1.82, 2.24) is 20.5 Å². The maximum absolute atomic E-state index is 4.69. The standard InChI is InChI=1S/C18H33N5S.HI/c1-3-19-18(21-11-14-23-12-7-4-8-13-23)20-10-6-5-9-17-22-16(2)15-24-17;/h15H,3-14H2,1-2H3,(H2,19,20,21);1H. The molecule has 0 spiro atoms. The van der Waals surface area contributed by atoms with Gasteiger partial charge in [-0.1, -0.05) is 6.42 Å². The summed E-state index contributed by atoms with van der Waals surface area (Å²) < 4.78 is 0. The molecule has 0 aliphatic carbocycles. The molecule has 1 aliphatic heterocycles. The average molecular weight is 479 g/mol. The van der Waals surface area contributed by atoms with Gasteiger partial charge in [0.05, 0.1) is 5.01 Å². The van der Waals surface area contributed by atoms with Gasteiger partial charge in [0.25, 0.3) is 0 Å². The lowest BCUT2D eigenvalue weighted by atomic mass is 10.1. The summed E-state index contributed by atoms with van der Waals surface area (Å²) in [6.45, 7) is 10.6. The van der Waals surface area contributed by atoms with E-state index in [1.165, 1.54) is 37.4 Å². The third-order valence-electron chi connectivity index (χ3n) is 4.25. The fourth-order valence-electron chi connectivity index (χ4n) is 2.95. The first-order valence-electron chi connectivity index (χ1n) is 9.43. The fraction of sp³-hybridized carbons (Fsp3) is 0.778. The van der Waals surface area contributed by atoms with Gasteiger partial charge in [-0.2, -0.15) is 0 Å². The molecule has 144 valence electrons. The average Bonchev–Trinajstić information content (AvgIpc) is 3.01. The first-order chi connectivity index (χ1) is 11.8. The van der Waals surface area contributed by atoms with Crippen LogP contribution in [0.15, 0.2) is 10.4 Å². The number of halogens is 1. The van der Waals surface area contributed by atoms with Crippen LogP contribution in [0, 0.1) is 6.92 Å². The number of aryl methyl sites for hydroxylation is 2. The third-order valence-corrected chi connectivity index (χ3v) is 5.28. The number of likely N-dealkylation sites (tertiary alicyclic amines) is 1. The van der Waals surface area contributed by atoms with Crippen LogP contribution in [0.3, 0.4) is 0 Å². The Balaban J connectivity index is 0.00000312. The van der Waals surface area contributed by atoms with Crippen molar-refractivity contribution in [3.05, 3.63) is 16.1 Å². The highest BCUT2D eigenvalue weighted by Crippen LogP contribution is 2.11. The monoisotopic (exact) mass is 479 g/mol. The van der Waals surface area contributed by atoms with Crippen LogP contribution in [0.25, 0.3) is 0 Å². The van der Waals surface area contributed by atoms with Gasteiger partial charge in [-0.25, -0.2) is 4.98 Å². The van der Waals surface area contributed by atoms with E-state index in [0.717, 1.165) is 57.1 Å². The summed E-state index contributed by atoms with van der Waals surface area (Å²) in [5.41, 5.74) is 1.14. The van der Waals surface area contributed by atoms with Gasteiger partial charge in [0, 0.05) is 37.3 Å². The molecule has 0 bridgehead atoms. The zero-order valence-electron chi connectivity index (χ0n) is 15.7. The molecular formula is C18H34IN5S. The molecule has 0 unspecified atom stereocenters. The Kier molecular flexibility index (Phi) is 12.4. The van der Waals surface area contributed by atoms with Gasteiger partial charge in [-0.05, 0) is 59.0 Å². The summed E-state index contributed by atoms with van der Waals surface area (Å²) in [5.74, 6) is 0.958. The smallest absolute Gasteiger partial charge is 0.191 e. The second-order valence-electron chi connectivity index (χ2n) is 6.43. The number of aromatic nitrogens is 1. The SMILES string of the molecule is CCNC(=NCCCCc1nc(C)cs1)NCCN1CCCCC1.I. The van der Waals surface area contributed by atoms with E-state index >= 15 is 0 Å². The number of aliphatic imine (C=N–C) groups is 1. The van der Waals surface area contributed by atoms with Crippen LogP contribution in [0.2, 0.25) is 0 Å². The van der Waals surface area contributed by atoms with Crippen LogP contribution in [0.4, 0.5) is 0 Å². The summed E-state index contributed by atoms with van der Waals surface area (Å²) >= 11 is 1.77. The molecule has 2 rings (SSSR count). The first-order valence-corrected chi connectivity index (χ1v) is 10.3. The number of nitrogens with zero attached hydrogens (tertiary/aromatic N) is 3. The van der Waals surface area contributed by atoms with Gasteiger partial charge < -0.3 is 15.5 Å². The lowest BCUT2D eigenvalue weighted by Crippen LogP contribution is -2.42. The first kappa shape index (κ1) is 22.6. The molecule has 2 heterocycles. The van der Waals surface area contributed by atoms with Crippen LogP contribution in [-0.2, 0) is 6.42 Å². The lowest BCUT2D eigenvalue weighted by molar-refractivity contribution is 0.232. The van der Waals surface area contributed by atoms with Crippen LogP contribution in [0.1, 0.15) is 49.7 Å². The van der Waals surface area contributed by atoms with Crippen molar-refractivity contribution in [2.75, 3.05) is 39.3 Å². The van der Waals surface area contributed by atoms with Crippen LogP contribution in [-0.4, -0.2) is 55.1 Å². The van der Waals surface area contributed by atoms with E-state index in [9.17, 15) is 0 Å². The molecule has 0 aromatic carbocycles. The Morgan fingerprint density at radius 3 is 2.72 bits per heavy atom. The largest absolute Gasteiger partial charge is 0.357 e. The molecule has 1 aliphatic rings. The molecule has 1 fully saturated rings. The van der Waals surface area contributed by atoms with Gasteiger partial charge in [0.15, 0.2) is 5.96 Å². The fourth-order valence-corrected chi connectivity index (χ4v) is 3.77. The van der Waals surface area contributed by atoms with E-state index in [0.29, 0.717) is 0 Å². The van der Waals surface area contributed by atoms with Crippen molar-refractivity contribution in [1.29, 1.82) is 0 Å². The minimum absolute atomic E-state index is 0. The number of unbranched alkanes of at least 4 members (excludes halogenated alkanes) is 1. The maximum atomic E-state index is 4.69. The van der Waals surface area contributed by atoms with E-state index in [-0.39, 0.29) is 24.0 Å². The molecule has 0 amide bonds. The van der Waals surface area contributed by atoms with Gasteiger partial charge in [0.1, 0.15) is 0 Å². The van der Waals surface area contributed by atoms with Crippen molar-refractivity contribution in [3.63, 3.8) is 0 Å². The van der Waals surface area contributed by atoms with Gasteiger partial charge in [0.2, 0.25) is 0 Å². The molecule has 2 N–H and O–H groups in total. The molecule has 0 atom stereocenters. The van der Waals surface area contributed by atoms with Crippen molar-refractivity contribution in [2.45, 2.75) is 52.4 Å². The maximum Gasteiger partial charge on any atom is 0.191 e. The predicted octanol–water partition coefficient (Wildman–Crippen LogP) is 3.43. The van der Waals surface area contributed by atoms with E-state index in [1.54, 1.807) is 11.3 Å². The number of piperidine rings is 1. The zero-order valence-corrected chi connectivity index (χ0v) is 18.9. The van der Waals surface area contributed by atoms with Gasteiger partial charge in [-0.15, -0.1) is 35.3 Å². The Bertz CT molecular complexity index is 486.